The molecule has 1 heterocycles. The number of ether oxygens (including phenoxy) is 1. The molecule has 1 aromatic heterocycles. The third kappa shape index (κ3) is 2.29. The largest absolute Gasteiger partial charge is 0.496 e. The highest BCUT2D eigenvalue weighted by molar-refractivity contribution is 9.10. The molecule has 3 N–H and O–H groups in total. The summed E-state index contributed by atoms with van der Waals surface area (Å²) in [4.78, 5) is 14.8. The molecule has 0 bridgehead atoms. The van der Waals surface area contributed by atoms with Crippen molar-refractivity contribution in [1.29, 1.82) is 0 Å². The SMILES string of the molecule is COc1ccccc1-c1cc2c(Br)ccc(C(N)=O)c2[nH]1. The maximum atomic E-state index is 11.6. The third-order valence-electron chi connectivity index (χ3n) is 3.40. The molecule has 0 saturated carbocycles. The lowest BCUT2D eigenvalue weighted by Gasteiger charge is -2.05. The van der Waals surface area contributed by atoms with Crippen molar-refractivity contribution in [1.82, 2.24) is 4.98 Å². The highest BCUT2D eigenvalue weighted by Gasteiger charge is 2.14. The van der Waals surface area contributed by atoms with Crippen LogP contribution in [0.5, 0.6) is 5.75 Å². The number of primary amides is 1. The average molecular weight is 345 g/mol. The first-order chi connectivity index (χ1) is 10.1. The number of amides is 1. The lowest BCUT2D eigenvalue weighted by Crippen LogP contribution is -2.11. The topological polar surface area (TPSA) is 68.1 Å². The third-order valence-corrected chi connectivity index (χ3v) is 4.09. The van der Waals surface area contributed by atoms with E-state index in [1.807, 2.05) is 36.4 Å². The zero-order valence-corrected chi connectivity index (χ0v) is 12.9. The summed E-state index contributed by atoms with van der Waals surface area (Å²) in [5.41, 5.74) is 8.42. The van der Waals surface area contributed by atoms with Crippen LogP contribution in [0.3, 0.4) is 0 Å². The van der Waals surface area contributed by atoms with Gasteiger partial charge in [0.25, 0.3) is 5.91 Å². The normalized spacial score (nSPS) is 10.8. The Bertz CT molecular complexity index is 839. The van der Waals surface area contributed by atoms with Gasteiger partial charge >= 0.3 is 0 Å². The van der Waals surface area contributed by atoms with Crippen LogP contribution >= 0.6 is 15.9 Å². The van der Waals surface area contributed by atoms with Crippen LogP contribution < -0.4 is 10.5 Å². The lowest BCUT2D eigenvalue weighted by molar-refractivity contribution is 0.100. The van der Waals surface area contributed by atoms with Crippen LogP contribution in [0, 0.1) is 0 Å². The van der Waals surface area contributed by atoms with Gasteiger partial charge in [0.1, 0.15) is 5.75 Å². The standard InChI is InChI=1S/C16H13BrN2O2/c1-21-14-5-3-2-4-9(14)13-8-11-12(17)7-6-10(16(18)20)15(11)19-13/h2-8,19H,1H3,(H2,18,20). The van der Waals surface area contributed by atoms with Crippen molar-refractivity contribution >= 4 is 32.7 Å². The molecule has 0 aliphatic rings. The molecule has 1 amide bonds. The molecule has 4 nitrogen and oxygen atoms in total. The van der Waals surface area contributed by atoms with Gasteiger partial charge in [0.15, 0.2) is 0 Å². The Kier molecular flexibility index (Phi) is 3.43. The molecule has 0 atom stereocenters. The van der Waals surface area contributed by atoms with Crippen molar-refractivity contribution < 1.29 is 9.53 Å². The van der Waals surface area contributed by atoms with Gasteiger partial charge in [-0.3, -0.25) is 4.79 Å². The molecule has 3 rings (SSSR count). The first kappa shape index (κ1) is 13.7. The first-order valence-electron chi connectivity index (χ1n) is 6.36. The molecule has 106 valence electrons. The summed E-state index contributed by atoms with van der Waals surface area (Å²) in [6, 6.07) is 13.2. The lowest BCUT2D eigenvalue weighted by atomic mass is 10.1. The first-order valence-corrected chi connectivity index (χ1v) is 7.15. The van der Waals surface area contributed by atoms with Crippen LogP contribution in [0.2, 0.25) is 0 Å². The van der Waals surface area contributed by atoms with Crippen LogP contribution in [-0.4, -0.2) is 18.0 Å². The summed E-state index contributed by atoms with van der Waals surface area (Å²) in [5, 5.41) is 0.909. The van der Waals surface area contributed by atoms with E-state index in [-0.39, 0.29) is 0 Å². The Morgan fingerprint density at radius 3 is 2.71 bits per heavy atom. The number of carbonyl (C=O) groups excluding carboxylic acids is 1. The van der Waals surface area contributed by atoms with Crippen LogP contribution in [-0.2, 0) is 0 Å². The number of para-hydroxylation sites is 1. The number of aromatic amines is 1. The van der Waals surface area contributed by atoms with Crippen LogP contribution in [0.25, 0.3) is 22.2 Å². The van der Waals surface area contributed by atoms with E-state index in [4.69, 9.17) is 10.5 Å². The molecular weight excluding hydrogens is 332 g/mol. The van der Waals surface area contributed by atoms with Gasteiger partial charge < -0.3 is 15.5 Å². The van der Waals surface area contributed by atoms with E-state index < -0.39 is 5.91 Å². The van der Waals surface area contributed by atoms with Gasteiger partial charge in [0.05, 0.1) is 23.9 Å². The minimum absolute atomic E-state index is 0.457. The number of hydrogen-bond donors (Lipinski definition) is 2. The number of rotatable bonds is 3. The number of H-pyrrole nitrogens is 1. The van der Waals surface area contributed by atoms with Crippen LogP contribution in [0.15, 0.2) is 46.9 Å². The minimum Gasteiger partial charge on any atom is -0.496 e. The van der Waals surface area contributed by atoms with E-state index in [1.54, 1.807) is 13.2 Å². The highest BCUT2D eigenvalue weighted by Crippen LogP contribution is 2.35. The van der Waals surface area contributed by atoms with Gasteiger partial charge in [-0.05, 0) is 30.3 Å². The minimum atomic E-state index is -0.457. The number of nitrogens with one attached hydrogen (secondary N) is 1. The zero-order valence-electron chi connectivity index (χ0n) is 11.3. The van der Waals surface area contributed by atoms with Crippen molar-refractivity contribution in [3.05, 3.63) is 52.5 Å². The summed E-state index contributed by atoms with van der Waals surface area (Å²) in [6.07, 6.45) is 0. The summed E-state index contributed by atoms with van der Waals surface area (Å²) in [5.74, 6) is 0.307. The van der Waals surface area contributed by atoms with Crippen LogP contribution in [0.1, 0.15) is 10.4 Å². The number of nitrogens with two attached hydrogens (primary N) is 1. The van der Waals surface area contributed by atoms with E-state index in [0.717, 1.165) is 32.4 Å². The maximum Gasteiger partial charge on any atom is 0.250 e. The molecule has 3 aromatic rings. The fourth-order valence-corrected chi connectivity index (χ4v) is 2.85. The fourth-order valence-electron chi connectivity index (χ4n) is 2.40. The Morgan fingerprint density at radius 1 is 1.24 bits per heavy atom. The van der Waals surface area contributed by atoms with E-state index >= 15 is 0 Å². The van der Waals surface area contributed by atoms with E-state index in [0.29, 0.717) is 5.56 Å². The Balaban J connectivity index is 2.28. The molecule has 0 aliphatic carbocycles. The van der Waals surface area contributed by atoms with Crippen LogP contribution in [0.4, 0.5) is 0 Å². The second-order valence-electron chi connectivity index (χ2n) is 4.63. The molecule has 2 aromatic carbocycles. The van der Waals surface area contributed by atoms with Crippen molar-refractivity contribution in [2.24, 2.45) is 5.73 Å². The summed E-state index contributed by atoms with van der Waals surface area (Å²) >= 11 is 3.50. The quantitative estimate of drug-likeness (QED) is 0.760. The highest BCUT2D eigenvalue weighted by atomic mass is 79.9. The smallest absolute Gasteiger partial charge is 0.250 e. The zero-order chi connectivity index (χ0) is 15.0. The van der Waals surface area contributed by atoms with Crippen molar-refractivity contribution in [2.45, 2.75) is 0 Å². The van der Waals surface area contributed by atoms with Crippen molar-refractivity contribution in [3.8, 4) is 17.0 Å². The molecule has 0 radical (unpaired) electrons. The molecule has 5 heteroatoms. The summed E-state index contributed by atoms with van der Waals surface area (Å²) in [6.45, 7) is 0. The Labute approximate surface area is 130 Å². The van der Waals surface area contributed by atoms with Gasteiger partial charge in [-0.25, -0.2) is 0 Å². The van der Waals surface area contributed by atoms with Gasteiger partial charge in [0.2, 0.25) is 0 Å². The maximum absolute atomic E-state index is 11.6. The fraction of sp³-hybridized carbons (Fsp3) is 0.0625. The molecular formula is C16H13BrN2O2. The Hall–Kier alpha value is -2.27. The molecule has 0 aliphatic heterocycles. The molecule has 0 fully saturated rings. The summed E-state index contributed by atoms with van der Waals surface area (Å²) in [7, 11) is 1.63. The predicted molar refractivity (Wildman–Crippen MR) is 86.5 cm³/mol. The molecule has 0 spiro atoms. The number of fused-ring (bicyclic) bond motifs is 1. The molecule has 21 heavy (non-hydrogen) atoms. The van der Waals surface area contributed by atoms with Crippen molar-refractivity contribution in [2.75, 3.05) is 7.11 Å². The monoisotopic (exact) mass is 344 g/mol. The number of benzene rings is 2. The number of halogens is 1. The molecule has 0 unspecified atom stereocenters. The molecule has 0 saturated heterocycles. The predicted octanol–water partition coefficient (Wildman–Crippen LogP) is 3.70. The van der Waals surface area contributed by atoms with Gasteiger partial charge in [-0.2, -0.15) is 0 Å². The van der Waals surface area contributed by atoms with Gasteiger partial charge in [-0.1, -0.05) is 28.1 Å². The number of aromatic nitrogens is 1. The average Bonchev–Trinajstić information content (AvgIpc) is 2.93. The van der Waals surface area contributed by atoms with Gasteiger partial charge in [-0.15, -0.1) is 0 Å². The number of hydrogen-bond acceptors (Lipinski definition) is 2. The second kappa shape index (κ2) is 5.26. The number of methoxy groups -OCH3 is 1. The van der Waals surface area contributed by atoms with E-state index in [1.165, 1.54) is 0 Å². The van der Waals surface area contributed by atoms with E-state index in [9.17, 15) is 4.79 Å². The van der Waals surface area contributed by atoms with E-state index in [2.05, 4.69) is 20.9 Å². The van der Waals surface area contributed by atoms with Crippen molar-refractivity contribution in [3.63, 3.8) is 0 Å². The summed E-state index contributed by atoms with van der Waals surface area (Å²) < 4.78 is 6.28. The Morgan fingerprint density at radius 2 is 2.00 bits per heavy atom. The second-order valence-corrected chi connectivity index (χ2v) is 5.49. The number of carbonyl (C=O) groups is 1. The van der Waals surface area contributed by atoms with Gasteiger partial charge in [0, 0.05) is 15.4 Å².